The standard InChI is InChI=1S/C14H21N3O3/c1-4-20-12-7-5-11(6-8-12)14(18)17(10(2)3)9-13(15)16-19/h5-8,10,19H,4,9H2,1-3H3,(H2,15,16). The third-order valence-corrected chi connectivity index (χ3v) is 2.76. The van der Waals surface area contributed by atoms with E-state index in [-0.39, 0.29) is 24.3 Å². The van der Waals surface area contributed by atoms with Gasteiger partial charge in [0.05, 0.1) is 13.2 Å². The number of hydrogen-bond acceptors (Lipinski definition) is 4. The van der Waals surface area contributed by atoms with E-state index in [2.05, 4.69) is 5.16 Å². The Balaban J connectivity index is 2.89. The molecule has 1 rings (SSSR count). The highest BCUT2D eigenvalue weighted by Gasteiger charge is 2.20. The molecule has 0 aliphatic rings. The summed E-state index contributed by atoms with van der Waals surface area (Å²) < 4.78 is 5.33. The van der Waals surface area contributed by atoms with Crippen molar-refractivity contribution < 1.29 is 14.7 Å². The van der Waals surface area contributed by atoms with Crippen LogP contribution < -0.4 is 10.5 Å². The minimum Gasteiger partial charge on any atom is -0.494 e. The average molecular weight is 279 g/mol. The third-order valence-electron chi connectivity index (χ3n) is 2.76. The summed E-state index contributed by atoms with van der Waals surface area (Å²) >= 11 is 0. The molecular weight excluding hydrogens is 258 g/mol. The van der Waals surface area contributed by atoms with Gasteiger partial charge in [0.15, 0.2) is 5.84 Å². The highest BCUT2D eigenvalue weighted by atomic mass is 16.5. The van der Waals surface area contributed by atoms with Crippen molar-refractivity contribution >= 4 is 11.7 Å². The molecule has 0 saturated heterocycles. The number of carbonyl (C=O) groups excluding carboxylic acids is 1. The summed E-state index contributed by atoms with van der Waals surface area (Å²) in [4.78, 5) is 13.9. The number of oxime groups is 1. The zero-order valence-corrected chi connectivity index (χ0v) is 12.0. The van der Waals surface area contributed by atoms with Crippen LogP contribution >= 0.6 is 0 Å². The fourth-order valence-corrected chi connectivity index (χ4v) is 1.72. The number of nitrogens with two attached hydrogens (primary N) is 1. The van der Waals surface area contributed by atoms with Crippen LogP contribution in [0, 0.1) is 0 Å². The smallest absolute Gasteiger partial charge is 0.254 e. The van der Waals surface area contributed by atoms with Crippen molar-refractivity contribution in [3.8, 4) is 5.75 Å². The van der Waals surface area contributed by atoms with Gasteiger partial charge in [-0.3, -0.25) is 4.79 Å². The fraction of sp³-hybridized carbons (Fsp3) is 0.429. The van der Waals surface area contributed by atoms with Crippen LogP contribution in [-0.2, 0) is 0 Å². The number of amides is 1. The molecule has 110 valence electrons. The minimum atomic E-state index is -0.172. The molecule has 20 heavy (non-hydrogen) atoms. The second-order valence-corrected chi connectivity index (χ2v) is 4.58. The second kappa shape index (κ2) is 7.37. The van der Waals surface area contributed by atoms with Gasteiger partial charge in [0, 0.05) is 11.6 Å². The highest BCUT2D eigenvalue weighted by Crippen LogP contribution is 2.14. The monoisotopic (exact) mass is 279 g/mol. The molecule has 0 bridgehead atoms. The van der Waals surface area contributed by atoms with Gasteiger partial charge in [0.25, 0.3) is 5.91 Å². The van der Waals surface area contributed by atoms with Crippen molar-refractivity contribution in [2.24, 2.45) is 10.9 Å². The maximum absolute atomic E-state index is 12.4. The SMILES string of the molecule is CCOc1ccc(C(=O)N(CC(N)=NO)C(C)C)cc1. The van der Waals surface area contributed by atoms with Crippen molar-refractivity contribution in [2.75, 3.05) is 13.2 Å². The Labute approximate surface area is 118 Å². The predicted molar refractivity (Wildman–Crippen MR) is 77.2 cm³/mol. The molecule has 6 nitrogen and oxygen atoms in total. The van der Waals surface area contributed by atoms with Gasteiger partial charge >= 0.3 is 0 Å². The van der Waals surface area contributed by atoms with Crippen LogP contribution in [0.25, 0.3) is 0 Å². The summed E-state index contributed by atoms with van der Waals surface area (Å²) in [7, 11) is 0. The molecule has 0 heterocycles. The van der Waals surface area contributed by atoms with Gasteiger partial charge in [0.2, 0.25) is 0 Å². The molecule has 0 saturated carbocycles. The maximum Gasteiger partial charge on any atom is 0.254 e. The van der Waals surface area contributed by atoms with Gasteiger partial charge in [0.1, 0.15) is 5.75 Å². The summed E-state index contributed by atoms with van der Waals surface area (Å²) in [5.74, 6) is 0.546. The van der Waals surface area contributed by atoms with Gasteiger partial charge in [-0.15, -0.1) is 0 Å². The highest BCUT2D eigenvalue weighted by molar-refractivity contribution is 5.97. The Morgan fingerprint density at radius 3 is 2.45 bits per heavy atom. The topological polar surface area (TPSA) is 88.2 Å². The molecule has 0 aliphatic carbocycles. The lowest BCUT2D eigenvalue weighted by Gasteiger charge is -2.26. The lowest BCUT2D eigenvalue weighted by atomic mass is 10.1. The van der Waals surface area contributed by atoms with Crippen molar-refractivity contribution in [1.29, 1.82) is 0 Å². The number of ether oxygens (including phenoxy) is 1. The molecule has 0 aliphatic heterocycles. The van der Waals surface area contributed by atoms with Gasteiger partial charge in [-0.2, -0.15) is 0 Å². The van der Waals surface area contributed by atoms with Gasteiger partial charge in [-0.25, -0.2) is 0 Å². The number of carbonyl (C=O) groups is 1. The van der Waals surface area contributed by atoms with Gasteiger partial charge in [-0.1, -0.05) is 5.16 Å². The first-order chi connectivity index (χ1) is 9.49. The number of nitrogens with zero attached hydrogens (tertiary/aromatic N) is 2. The molecule has 0 spiro atoms. The first-order valence-electron chi connectivity index (χ1n) is 6.49. The maximum atomic E-state index is 12.4. The molecular formula is C14H21N3O3. The largest absolute Gasteiger partial charge is 0.494 e. The Hall–Kier alpha value is -2.24. The minimum absolute atomic E-state index is 0.00186. The summed E-state index contributed by atoms with van der Waals surface area (Å²) in [5, 5.41) is 11.5. The van der Waals surface area contributed by atoms with Crippen molar-refractivity contribution in [3.05, 3.63) is 29.8 Å². The third kappa shape index (κ3) is 4.15. The zero-order chi connectivity index (χ0) is 15.1. The lowest BCUT2D eigenvalue weighted by Crippen LogP contribution is -2.42. The van der Waals surface area contributed by atoms with Crippen molar-refractivity contribution in [1.82, 2.24) is 4.90 Å². The first kappa shape index (κ1) is 15.8. The zero-order valence-electron chi connectivity index (χ0n) is 12.0. The molecule has 6 heteroatoms. The molecule has 3 N–H and O–H groups in total. The van der Waals surface area contributed by atoms with Gasteiger partial charge in [-0.05, 0) is 45.0 Å². The molecule has 0 unspecified atom stereocenters. The van der Waals surface area contributed by atoms with E-state index in [1.165, 1.54) is 4.90 Å². The van der Waals surface area contributed by atoms with Crippen LogP contribution in [0.1, 0.15) is 31.1 Å². The van der Waals surface area contributed by atoms with E-state index in [9.17, 15) is 4.79 Å². The lowest BCUT2D eigenvalue weighted by molar-refractivity contribution is 0.0734. The number of amidine groups is 1. The van der Waals surface area contributed by atoms with Crippen LogP contribution in [0.5, 0.6) is 5.75 Å². The summed E-state index contributed by atoms with van der Waals surface area (Å²) in [6, 6.07) is 6.84. The van der Waals surface area contributed by atoms with Crippen LogP contribution in [0.4, 0.5) is 0 Å². The van der Waals surface area contributed by atoms with Crippen molar-refractivity contribution in [3.63, 3.8) is 0 Å². The molecule has 0 atom stereocenters. The summed E-state index contributed by atoms with van der Waals surface area (Å²) in [6.07, 6.45) is 0. The normalized spacial score (nSPS) is 11.5. The van der Waals surface area contributed by atoms with Gasteiger partial charge < -0.3 is 20.6 Å². The summed E-state index contributed by atoms with van der Waals surface area (Å²) in [6.45, 7) is 6.31. The summed E-state index contributed by atoms with van der Waals surface area (Å²) in [5.41, 5.74) is 6.01. The molecule has 0 radical (unpaired) electrons. The Morgan fingerprint density at radius 2 is 2.00 bits per heavy atom. The molecule has 1 aromatic carbocycles. The molecule has 0 fully saturated rings. The quantitative estimate of drug-likeness (QED) is 0.359. The predicted octanol–water partition coefficient (Wildman–Crippen LogP) is 1.68. The Bertz CT molecular complexity index is 469. The van der Waals surface area contributed by atoms with E-state index < -0.39 is 0 Å². The van der Waals surface area contributed by atoms with E-state index in [0.29, 0.717) is 12.2 Å². The number of hydrogen-bond donors (Lipinski definition) is 2. The van der Waals surface area contributed by atoms with E-state index >= 15 is 0 Å². The van der Waals surface area contributed by atoms with Crippen LogP contribution in [-0.4, -0.2) is 41.0 Å². The van der Waals surface area contributed by atoms with E-state index in [1.54, 1.807) is 24.3 Å². The number of rotatable bonds is 6. The van der Waals surface area contributed by atoms with E-state index in [4.69, 9.17) is 15.7 Å². The van der Waals surface area contributed by atoms with Crippen LogP contribution in [0.3, 0.4) is 0 Å². The van der Waals surface area contributed by atoms with E-state index in [0.717, 1.165) is 5.75 Å². The molecule has 1 amide bonds. The van der Waals surface area contributed by atoms with Crippen LogP contribution in [0.2, 0.25) is 0 Å². The Morgan fingerprint density at radius 1 is 1.40 bits per heavy atom. The Kier molecular flexibility index (Phi) is 5.83. The number of benzene rings is 1. The average Bonchev–Trinajstić information content (AvgIpc) is 2.44. The molecule has 1 aromatic rings. The second-order valence-electron chi connectivity index (χ2n) is 4.58. The molecule has 0 aromatic heterocycles. The van der Waals surface area contributed by atoms with E-state index in [1.807, 2.05) is 20.8 Å². The van der Waals surface area contributed by atoms with Crippen molar-refractivity contribution in [2.45, 2.75) is 26.8 Å². The van der Waals surface area contributed by atoms with Crippen LogP contribution in [0.15, 0.2) is 29.4 Å². The first-order valence-corrected chi connectivity index (χ1v) is 6.49. The fourth-order valence-electron chi connectivity index (χ4n) is 1.72.